The molecule has 6 rings (SSSR count). The molecule has 3 aromatic rings. The molecule has 1 N–H and O–H groups in total. The molecular weight excluding hydrogens is 640 g/mol. The number of pyridine rings is 1. The van der Waals surface area contributed by atoms with E-state index in [0.717, 1.165) is 28.6 Å². The van der Waals surface area contributed by atoms with Crippen LogP contribution in [0.25, 0.3) is 0 Å². The van der Waals surface area contributed by atoms with Gasteiger partial charge < -0.3 is 24.4 Å². The van der Waals surface area contributed by atoms with Gasteiger partial charge in [0.15, 0.2) is 0 Å². The Balaban J connectivity index is 1.30. The van der Waals surface area contributed by atoms with Gasteiger partial charge in [0.2, 0.25) is 0 Å². The molecule has 264 valence electrons. The molecule has 3 aliphatic heterocycles. The third-order valence-electron chi connectivity index (χ3n) is 10.6. The maximum atomic E-state index is 17.7. The zero-order valence-electron chi connectivity index (χ0n) is 28.1. The van der Waals surface area contributed by atoms with Crippen molar-refractivity contribution in [1.29, 1.82) is 0 Å². The number of aryl methyl sites for hydroxylation is 1. The molecule has 4 atom stereocenters. The van der Waals surface area contributed by atoms with Crippen molar-refractivity contribution >= 4 is 17.3 Å². The number of piperidine rings is 1. The Hall–Kier alpha value is -3.90. The van der Waals surface area contributed by atoms with Crippen LogP contribution in [-0.2, 0) is 15.7 Å². The predicted octanol–water partition coefficient (Wildman–Crippen LogP) is 6.39. The van der Waals surface area contributed by atoms with Crippen LogP contribution in [0.3, 0.4) is 0 Å². The quantitative estimate of drug-likeness (QED) is 0.246. The Morgan fingerprint density at radius 3 is 2.37 bits per heavy atom. The van der Waals surface area contributed by atoms with Gasteiger partial charge in [-0.25, -0.2) is 4.39 Å². The average molecular weight is 685 g/mol. The Morgan fingerprint density at radius 1 is 1.00 bits per heavy atom. The van der Waals surface area contributed by atoms with E-state index in [1.807, 2.05) is 48.2 Å². The molecule has 0 saturated carbocycles. The number of rotatable bonds is 10. The first-order chi connectivity index (χ1) is 23.4. The number of aromatic nitrogens is 1. The molecule has 0 aliphatic carbocycles. The summed E-state index contributed by atoms with van der Waals surface area (Å²) in [5, 5.41) is 9.51. The van der Waals surface area contributed by atoms with Crippen LogP contribution in [-0.4, -0.2) is 93.3 Å². The number of benzene rings is 2. The smallest absolute Gasteiger partial charge is 0.416 e. The molecule has 3 fully saturated rings. The highest BCUT2D eigenvalue weighted by Gasteiger charge is 2.51. The van der Waals surface area contributed by atoms with E-state index >= 15 is 4.39 Å². The second kappa shape index (κ2) is 14.1. The number of aliphatic carboxylic acids is 1. The molecule has 0 spiro atoms. The largest absolute Gasteiger partial charge is 0.497 e. The van der Waals surface area contributed by atoms with Gasteiger partial charge in [0.25, 0.3) is 0 Å². The van der Waals surface area contributed by atoms with E-state index in [9.17, 15) is 23.1 Å². The van der Waals surface area contributed by atoms with Crippen molar-refractivity contribution in [2.45, 2.75) is 43.4 Å². The van der Waals surface area contributed by atoms with Crippen LogP contribution < -0.4 is 14.5 Å². The lowest BCUT2D eigenvalue weighted by atomic mass is 9.85. The normalized spacial score (nSPS) is 25.2. The van der Waals surface area contributed by atoms with Crippen molar-refractivity contribution in [3.05, 3.63) is 83.2 Å². The number of carboxylic acids is 1. The molecule has 3 aliphatic rings. The van der Waals surface area contributed by atoms with Gasteiger partial charge in [0, 0.05) is 87.4 Å². The van der Waals surface area contributed by atoms with Crippen molar-refractivity contribution in [3.8, 4) is 5.75 Å². The lowest BCUT2D eigenvalue weighted by Gasteiger charge is -2.35. The van der Waals surface area contributed by atoms with Crippen LogP contribution >= 0.6 is 0 Å². The molecule has 8 nitrogen and oxygen atoms in total. The molecule has 0 unspecified atom stereocenters. The van der Waals surface area contributed by atoms with Crippen LogP contribution in [0.5, 0.6) is 5.75 Å². The number of ether oxygens (including phenoxy) is 2. The van der Waals surface area contributed by atoms with E-state index < -0.39 is 35.2 Å². The van der Waals surface area contributed by atoms with Crippen molar-refractivity contribution in [1.82, 2.24) is 9.88 Å². The van der Waals surface area contributed by atoms with E-state index in [1.54, 1.807) is 26.5 Å². The number of hydrogen-bond acceptors (Lipinski definition) is 7. The summed E-state index contributed by atoms with van der Waals surface area (Å²) in [6, 6.07) is 15.3. The third kappa shape index (κ3) is 7.50. The minimum Gasteiger partial charge on any atom is -0.497 e. The summed E-state index contributed by atoms with van der Waals surface area (Å²) in [7, 11) is 3.20. The molecule has 0 bridgehead atoms. The van der Waals surface area contributed by atoms with E-state index in [2.05, 4.69) is 14.8 Å². The molecule has 0 radical (unpaired) electrons. The SMILES string of the molecule is COC[C@H]1CN(C[C@@]2(F)CN(c3ccnc(C)c3)C[C@H]2c2ccc(OC)cc2)C[C@@H]1c1ccc(C(F)(F)F)cc1N1CCC(C(=O)O)CC1. The van der Waals surface area contributed by atoms with Gasteiger partial charge in [0.1, 0.15) is 11.4 Å². The number of likely N-dealkylation sites (tertiary alicyclic amines) is 1. The van der Waals surface area contributed by atoms with Crippen LogP contribution in [0.4, 0.5) is 28.9 Å². The summed E-state index contributed by atoms with van der Waals surface area (Å²) < 4.78 is 70.5. The fourth-order valence-electron chi connectivity index (χ4n) is 8.07. The number of halogens is 4. The maximum absolute atomic E-state index is 17.7. The highest BCUT2D eigenvalue weighted by atomic mass is 19.4. The Labute approximate surface area is 284 Å². The summed E-state index contributed by atoms with van der Waals surface area (Å²) in [5.74, 6) is -1.44. The van der Waals surface area contributed by atoms with Crippen LogP contribution in [0.1, 0.15) is 47.1 Å². The number of nitrogens with zero attached hydrogens (tertiary/aromatic N) is 4. The Kier molecular flexibility index (Phi) is 10.1. The highest BCUT2D eigenvalue weighted by Crippen LogP contribution is 2.46. The fourth-order valence-corrected chi connectivity index (χ4v) is 8.07. The molecule has 49 heavy (non-hydrogen) atoms. The molecule has 3 saturated heterocycles. The number of hydrogen-bond donors (Lipinski definition) is 1. The summed E-state index contributed by atoms with van der Waals surface area (Å²) >= 11 is 0. The first-order valence-corrected chi connectivity index (χ1v) is 16.8. The number of anilines is 2. The lowest BCUT2D eigenvalue weighted by molar-refractivity contribution is -0.142. The zero-order chi connectivity index (χ0) is 34.9. The fraction of sp³-hybridized carbons (Fsp3) is 0.514. The van der Waals surface area contributed by atoms with Crippen molar-refractivity contribution in [2.24, 2.45) is 11.8 Å². The summed E-state index contributed by atoms with van der Waals surface area (Å²) in [5.41, 5.74) is 1.47. The summed E-state index contributed by atoms with van der Waals surface area (Å²) in [6.45, 7) is 4.73. The van der Waals surface area contributed by atoms with Crippen LogP contribution in [0.15, 0.2) is 60.8 Å². The van der Waals surface area contributed by atoms with Crippen molar-refractivity contribution in [3.63, 3.8) is 0 Å². The first kappa shape index (κ1) is 34.9. The second-order valence-electron chi connectivity index (χ2n) is 13.8. The molecule has 4 heterocycles. The summed E-state index contributed by atoms with van der Waals surface area (Å²) in [4.78, 5) is 22.0. The van der Waals surface area contributed by atoms with Gasteiger partial charge in [-0.15, -0.1) is 0 Å². The van der Waals surface area contributed by atoms with Gasteiger partial charge >= 0.3 is 12.1 Å². The van der Waals surface area contributed by atoms with Crippen LogP contribution in [0.2, 0.25) is 0 Å². The van der Waals surface area contributed by atoms with E-state index in [4.69, 9.17) is 9.47 Å². The van der Waals surface area contributed by atoms with Gasteiger partial charge in [-0.3, -0.25) is 14.7 Å². The number of carboxylic acid groups (broad SMARTS) is 1. The van der Waals surface area contributed by atoms with E-state index in [-0.39, 0.29) is 24.9 Å². The highest BCUT2D eigenvalue weighted by molar-refractivity contribution is 5.70. The standard InChI is InChI=1S/C37H44F4N4O4/c1-24-16-29(10-13-42-24)45-20-33(25-4-7-30(49-3)8-5-25)36(38,23-45)22-43-18-27(21-48-2)32(19-43)31-9-6-28(37(39,40)41)17-34(31)44-14-11-26(12-15-44)35(46)47/h4-10,13,16-17,26-27,32-33H,11-12,14-15,18-23H2,1-3H3,(H,46,47)/t27-,32+,33+,36-/m1/s1. The summed E-state index contributed by atoms with van der Waals surface area (Å²) in [6.07, 6.45) is -2.08. The Morgan fingerprint density at radius 2 is 1.73 bits per heavy atom. The molecule has 1 aromatic heterocycles. The topological polar surface area (TPSA) is 78.4 Å². The van der Waals surface area contributed by atoms with E-state index in [0.29, 0.717) is 63.6 Å². The minimum atomic E-state index is -4.53. The number of carbonyl (C=O) groups is 1. The van der Waals surface area contributed by atoms with Gasteiger partial charge in [0.05, 0.1) is 31.7 Å². The van der Waals surface area contributed by atoms with Gasteiger partial charge in [-0.1, -0.05) is 18.2 Å². The average Bonchev–Trinajstić information content (AvgIpc) is 3.64. The van der Waals surface area contributed by atoms with Gasteiger partial charge in [-0.2, -0.15) is 13.2 Å². The molecular formula is C37H44F4N4O4. The zero-order valence-corrected chi connectivity index (χ0v) is 28.1. The lowest BCUT2D eigenvalue weighted by Crippen LogP contribution is -2.44. The Bertz CT molecular complexity index is 1610. The number of methoxy groups -OCH3 is 2. The predicted molar refractivity (Wildman–Crippen MR) is 179 cm³/mol. The van der Waals surface area contributed by atoms with Gasteiger partial charge in [-0.05, 0) is 67.3 Å². The minimum absolute atomic E-state index is 0.0829. The van der Waals surface area contributed by atoms with E-state index in [1.165, 1.54) is 6.07 Å². The number of alkyl halides is 4. The van der Waals surface area contributed by atoms with Crippen molar-refractivity contribution in [2.75, 3.05) is 76.4 Å². The second-order valence-corrected chi connectivity index (χ2v) is 13.8. The van der Waals surface area contributed by atoms with Crippen LogP contribution in [0, 0.1) is 18.8 Å². The maximum Gasteiger partial charge on any atom is 0.416 e. The van der Waals surface area contributed by atoms with Crippen molar-refractivity contribution < 1.29 is 36.9 Å². The molecule has 0 amide bonds. The monoisotopic (exact) mass is 684 g/mol. The molecule has 2 aromatic carbocycles. The first-order valence-electron chi connectivity index (χ1n) is 16.8. The molecule has 12 heteroatoms. The third-order valence-corrected chi connectivity index (χ3v) is 10.6.